The van der Waals surface area contributed by atoms with Gasteiger partial charge in [0.15, 0.2) is 0 Å². The number of thiazole rings is 1. The molecule has 0 radical (unpaired) electrons. The van der Waals surface area contributed by atoms with Gasteiger partial charge in [0.25, 0.3) is 5.91 Å². The molecule has 1 aromatic heterocycles. The molecule has 6 nitrogen and oxygen atoms in total. The molecule has 0 spiro atoms. The number of hydrazine groups is 1. The zero-order valence-electron chi connectivity index (χ0n) is 15.7. The molecule has 0 unspecified atom stereocenters. The Morgan fingerprint density at radius 3 is 2.43 bits per heavy atom. The molecule has 7 heteroatoms. The van der Waals surface area contributed by atoms with Crippen LogP contribution in [-0.4, -0.2) is 23.4 Å². The first-order valence-electron chi connectivity index (χ1n) is 8.90. The van der Waals surface area contributed by atoms with Crippen molar-refractivity contribution in [1.29, 1.82) is 0 Å². The molecule has 0 atom stereocenters. The molecule has 0 aliphatic carbocycles. The summed E-state index contributed by atoms with van der Waals surface area (Å²) in [7, 11) is 0. The molecule has 0 aliphatic heterocycles. The Morgan fingerprint density at radius 2 is 1.75 bits per heavy atom. The van der Waals surface area contributed by atoms with E-state index >= 15 is 0 Å². The molecular formula is C21H21N3O3S. The molecule has 0 aliphatic rings. The van der Waals surface area contributed by atoms with Gasteiger partial charge in [-0.25, -0.2) is 4.98 Å². The summed E-state index contributed by atoms with van der Waals surface area (Å²) in [5.41, 5.74) is 7.33. The number of amides is 2. The zero-order chi connectivity index (χ0) is 19.9. The maximum Gasteiger partial charge on any atom is 0.281 e. The number of hydrogen-bond donors (Lipinski definition) is 2. The Kier molecular flexibility index (Phi) is 6.39. The van der Waals surface area contributed by atoms with Crippen molar-refractivity contribution in [3.8, 4) is 16.3 Å². The summed E-state index contributed by atoms with van der Waals surface area (Å²) >= 11 is 1.29. The van der Waals surface area contributed by atoms with Gasteiger partial charge in [-0.05, 0) is 31.5 Å². The number of nitrogens with one attached hydrogen (secondary N) is 2. The van der Waals surface area contributed by atoms with E-state index in [0.29, 0.717) is 17.2 Å². The molecule has 0 bridgehead atoms. The average Bonchev–Trinajstić information content (AvgIpc) is 3.10. The van der Waals surface area contributed by atoms with E-state index in [0.717, 1.165) is 21.9 Å². The van der Waals surface area contributed by atoms with E-state index in [1.165, 1.54) is 11.3 Å². The number of aryl methyl sites for hydroxylation is 1. The largest absolute Gasteiger partial charge is 0.494 e. The van der Waals surface area contributed by atoms with Crippen molar-refractivity contribution in [2.24, 2.45) is 0 Å². The molecule has 0 saturated carbocycles. The van der Waals surface area contributed by atoms with Crippen LogP contribution >= 0.6 is 11.3 Å². The van der Waals surface area contributed by atoms with Crippen LogP contribution in [0, 0.1) is 6.92 Å². The van der Waals surface area contributed by atoms with Crippen molar-refractivity contribution < 1.29 is 14.3 Å². The molecule has 2 aromatic carbocycles. The highest BCUT2D eigenvalue weighted by Gasteiger charge is 2.16. The van der Waals surface area contributed by atoms with Gasteiger partial charge in [-0.2, -0.15) is 0 Å². The number of aromatic nitrogens is 1. The summed E-state index contributed by atoms with van der Waals surface area (Å²) in [5.74, 6) is 0.0787. The number of hydrogen-bond acceptors (Lipinski definition) is 5. The molecule has 3 rings (SSSR count). The van der Waals surface area contributed by atoms with Crippen molar-refractivity contribution in [3.63, 3.8) is 0 Å². The lowest BCUT2D eigenvalue weighted by Crippen LogP contribution is -2.42. The van der Waals surface area contributed by atoms with Gasteiger partial charge >= 0.3 is 0 Å². The highest BCUT2D eigenvalue weighted by molar-refractivity contribution is 7.17. The number of ether oxygens (including phenoxy) is 1. The second-order valence-corrected chi connectivity index (χ2v) is 7.05. The van der Waals surface area contributed by atoms with E-state index < -0.39 is 0 Å². The van der Waals surface area contributed by atoms with E-state index in [1.54, 1.807) is 6.92 Å². The molecule has 3 aromatic rings. The summed E-state index contributed by atoms with van der Waals surface area (Å²) in [4.78, 5) is 29.4. The summed E-state index contributed by atoms with van der Waals surface area (Å²) < 4.78 is 5.38. The molecule has 1 heterocycles. The number of nitrogens with zero attached hydrogens (tertiary/aromatic N) is 1. The van der Waals surface area contributed by atoms with Gasteiger partial charge in [-0.15, -0.1) is 11.3 Å². The van der Waals surface area contributed by atoms with Crippen LogP contribution in [0.25, 0.3) is 10.6 Å². The average molecular weight is 395 g/mol. The van der Waals surface area contributed by atoms with Crippen molar-refractivity contribution in [3.05, 3.63) is 70.7 Å². The normalized spacial score (nSPS) is 10.4. The highest BCUT2D eigenvalue weighted by Crippen LogP contribution is 2.27. The van der Waals surface area contributed by atoms with E-state index in [4.69, 9.17) is 4.74 Å². The smallest absolute Gasteiger partial charge is 0.281 e. The van der Waals surface area contributed by atoms with Gasteiger partial charge in [0.05, 0.1) is 18.7 Å². The van der Waals surface area contributed by atoms with Crippen LogP contribution < -0.4 is 15.6 Å². The zero-order valence-corrected chi connectivity index (χ0v) is 16.5. The van der Waals surface area contributed by atoms with Gasteiger partial charge in [0.2, 0.25) is 5.91 Å². The molecule has 28 heavy (non-hydrogen) atoms. The Bertz CT molecular complexity index is 953. The van der Waals surface area contributed by atoms with Crippen LogP contribution in [0.2, 0.25) is 0 Å². The first-order valence-corrected chi connectivity index (χ1v) is 9.72. The molecule has 2 amide bonds. The van der Waals surface area contributed by atoms with Crippen molar-refractivity contribution in [2.45, 2.75) is 20.3 Å². The minimum Gasteiger partial charge on any atom is -0.494 e. The highest BCUT2D eigenvalue weighted by atomic mass is 32.1. The second kappa shape index (κ2) is 9.14. The lowest BCUT2D eigenvalue weighted by Gasteiger charge is -2.07. The SMILES string of the molecule is CCOc1ccc(CC(=O)NNC(=O)c2sc(-c3ccccc3)nc2C)cc1. The summed E-state index contributed by atoms with van der Waals surface area (Å²) in [6.45, 7) is 4.28. The first kappa shape index (κ1) is 19.6. The van der Waals surface area contributed by atoms with E-state index in [-0.39, 0.29) is 18.2 Å². The minimum absolute atomic E-state index is 0.156. The Morgan fingerprint density at radius 1 is 1.04 bits per heavy atom. The number of carbonyl (C=O) groups is 2. The quantitative estimate of drug-likeness (QED) is 0.626. The predicted octanol–water partition coefficient (Wildman–Crippen LogP) is 3.52. The van der Waals surface area contributed by atoms with E-state index in [1.807, 2.05) is 61.5 Å². The third-order valence-electron chi connectivity index (χ3n) is 3.94. The van der Waals surface area contributed by atoms with Crippen LogP contribution in [0.5, 0.6) is 5.75 Å². The molecule has 144 valence electrons. The van der Waals surface area contributed by atoms with Crippen LogP contribution in [0.1, 0.15) is 27.9 Å². The molecule has 0 fully saturated rings. The number of benzene rings is 2. The molecular weight excluding hydrogens is 374 g/mol. The van der Waals surface area contributed by atoms with Crippen molar-refractivity contribution in [2.75, 3.05) is 6.61 Å². The predicted molar refractivity (Wildman–Crippen MR) is 109 cm³/mol. The number of rotatable bonds is 6. The molecule has 0 saturated heterocycles. The van der Waals surface area contributed by atoms with Crippen LogP contribution in [0.3, 0.4) is 0 Å². The van der Waals surface area contributed by atoms with Crippen LogP contribution in [0.15, 0.2) is 54.6 Å². The van der Waals surface area contributed by atoms with Crippen LogP contribution in [-0.2, 0) is 11.2 Å². The van der Waals surface area contributed by atoms with Gasteiger partial charge in [-0.3, -0.25) is 20.4 Å². The van der Waals surface area contributed by atoms with Crippen molar-refractivity contribution >= 4 is 23.2 Å². The number of carbonyl (C=O) groups excluding carboxylic acids is 2. The third-order valence-corrected chi connectivity index (χ3v) is 5.14. The summed E-state index contributed by atoms with van der Waals surface area (Å²) in [6, 6.07) is 16.9. The standard InChI is InChI=1S/C21H21N3O3S/c1-3-27-17-11-9-15(10-12-17)13-18(25)23-24-20(26)19-14(2)22-21(28-19)16-7-5-4-6-8-16/h4-12H,3,13H2,1-2H3,(H,23,25)(H,24,26). The summed E-state index contributed by atoms with van der Waals surface area (Å²) in [5, 5.41) is 0.768. The van der Waals surface area contributed by atoms with Gasteiger partial charge < -0.3 is 4.74 Å². The van der Waals surface area contributed by atoms with Crippen molar-refractivity contribution in [1.82, 2.24) is 15.8 Å². The van der Waals surface area contributed by atoms with Gasteiger partial charge in [-0.1, -0.05) is 42.5 Å². The first-order chi connectivity index (χ1) is 13.6. The van der Waals surface area contributed by atoms with Gasteiger partial charge in [0.1, 0.15) is 15.6 Å². The third kappa shape index (κ3) is 4.95. The van der Waals surface area contributed by atoms with E-state index in [2.05, 4.69) is 15.8 Å². The minimum atomic E-state index is -0.378. The van der Waals surface area contributed by atoms with E-state index in [9.17, 15) is 9.59 Å². The fourth-order valence-corrected chi connectivity index (χ4v) is 3.56. The fourth-order valence-electron chi connectivity index (χ4n) is 2.59. The molecule has 2 N–H and O–H groups in total. The lowest BCUT2D eigenvalue weighted by atomic mass is 10.1. The van der Waals surface area contributed by atoms with Gasteiger partial charge in [0, 0.05) is 5.56 Å². The maximum atomic E-state index is 12.4. The monoisotopic (exact) mass is 395 g/mol. The Hall–Kier alpha value is -3.19. The Balaban J connectivity index is 1.56. The Labute approximate surface area is 167 Å². The lowest BCUT2D eigenvalue weighted by molar-refractivity contribution is -0.121. The maximum absolute atomic E-state index is 12.4. The second-order valence-electron chi connectivity index (χ2n) is 6.06. The fraction of sp³-hybridized carbons (Fsp3) is 0.190. The van der Waals surface area contributed by atoms with Crippen LogP contribution in [0.4, 0.5) is 0 Å². The topological polar surface area (TPSA) is 80.3 Å². The summed E-state index contributed by atoms with van der Waals surface area (Å²) in [6.07, 6.45) is 0.156.